The average Bonchev–Trinajstić information content (AvgIpc) is 1.95. The van der Waals surface area contributed by atoms with E-state index >= 15 is 0 Å². The van der Waals surface area contributed by atoms with Crippen LogP contribution in [0.5, 0.6) is 0 Å². The first-order valence-electron chi connectivity index (χ1n) is 2.92. The van der Waals surface area contributed by atoms with Gasteiger partial charge in [0.1, 0.15) is 6.61 Å². The van der Waals surface area contributed by atoms with Gasteiger partial charge in [-0.1, -0.05) is 34.8 Å². The number of rotatable bonds is 3. The molecule has 0 N–H and O–H groups in total. The molecule has 0 saturated heterocycles. The van der Waals surface area contributed by atoms with E-state index < -0.39 is 21.6 Å². The molecular weight excluding hydrogens is 262 g/mol. The molecule has 0 aliphatic carbocycles. The van der Waals surface area contributed by atoms with Gasteiger partial charge in [0.15, 0.2) is 0 Å². The van der Waals surface area contributed by atoms with Crippen LogP contribution in [0.3, 0.4) is 0 Å². The molecule has 0 aliphatic heterocycles. The van der Waals surface area contributed by atoms with Crippen LogP contribution in [-0.4, -0.2) is 21.6 Å². The van der Waals surface area contributed by atoms with Crippen molar-refractivity contribution in [2.24, 2.45) is 0 Å². The lowest BCUT2D eigenvalue weighted by molar-refractivity contribution is -0.137. The van der Waals surface area contributed by atoms with Crippen molar-refractivity contribution in [3.8, 4) is 0 Å². The van der Waals surface area contributed by atoms with Gasteiger partial charge in [0.25, 0.3) is 0 Å². The maximum atomic E-state index is 10.7. The van der Waals surface area contributed by atoms with Gasteiger partial charge < -0.3 is 4.74 Å². The van der Waals surface area contributed by atoms with Gasteiger partial charge in [-0.2, -0.15) is 0 Å². The second-order valence-electron chi connectivity index (χ2n) is 1.86. The number of esters is 1. The van der Waals surface area contributed by atoms with Crippen molar-refractivity contribution >= 4 is 57.6 Å². The van der Waals surface area contributed by atoms with Crippen LogP contribution in [0, 0.1) is 0 Å². The SMILES string of the molecule is O=C(Cl)C=CC(=O)OCC(Cl)(Cl)Cl. The Morgan fingerprint density at radius 2 is 1.77 bits per heavy atom. The minimum absolute atomic E-state index is 0.392. The van der Waals surface area contributed by atoms with Gasteiger partial charge in [-0.3, -0.25) is 4.79 Å². The van der Waals surface area contributed by atoms with Crippen molar-refractivity contribution in [1.82, 2.24) is 0 Å². The number of hydrogen-bond donors (Lipinski definition) is 0. The summed E-state index contributed by atoms with van der Waals surface area (Å²) < 4.78 is 2.77. The lowest BCUT2D eigenvalue weighted by atomic mass is 10.5. The van der Waals surface area contributed by atoms with E-state index in [1.165, 1.54) is 0 Å². The number of hydrogen-bond acceptors (Lipinski definition) is 3. The Bertz CT molecular complexity index is 231. The Labute approximate surface area is 94.5 Å². The fourth-order valence-electron chi connectivity index (χ4n) is 0.335. The maximum absolute atomic E-state index is 10.7. The van der Waals surface area contributed by atoms with Crippen LogP contribution >= 0.6 is 46.4 Å². The van der Waals surface area contributed by atoms with Crippen molar-refractivity contribution in [3.05, 3.63) is 12.2 Å². The Kier molecular flexibility index (Phi) is 5.72. The predicted octanol–water partition coefficient (Wildman–Crippen LogP) is 2.22. The fraction of sp³-hybridized carbons (Fsp3) is 0.333. The molecule has 0 spiro atoms. The van der Waals surface area contributed by atoms with E-state index in [1.54, 1.807) is 0 Å². The highest BCUT2D eigenvalue weighted by atomic mass is 35.6. The van der Waals surface area contributed by atoms with Crippen LogP contribution in [0.15, 0.2) is 12.2 Å². The minimum Gasteiger partial charge on any atom is -0.458 e. The van der Waals surface area contributed by atoms with E-state index in [2.05, 4.69) is 4.74 Å². The molecule has 3 nitrogen and oxygen atoms in total. The molecule has 0 radical (unpaired) electrons. The van der Waals surface area contributed by atoms with Gasteiger partial charge in [0, 0.05) is 12.2 Å². The summed E-state index contributed by atoms with van der Waals surface area (Å²) in [5.41, 5.74) is 0. The van der Waals surface area contributed by atoms with Gasteiger partial charge in [-0.25, -0.2) is 4.79 Å². The van der Waals surface area contributed by atoms with Crippen LogP contribution in [-0.2, 0) is 14.3 Å². The molecule has 13 heavy (non-hydrogen) atoms. The quantitative estimate of drug-likeness (QED) is 0.340. The summed E-state index contributed by atoms with van der Waals surface area (Å²) in [7, 11) is 0. The molecule has 0 aromatic carbocycles. The molecule has 0 unspecified atom stereocenters. The molecule has 0 aromatic heterocycles. The molecular formula is C6H4Cl4O3. The summed E-state index contributed by atoms with van der Waals surface area (Å²) in [6, 6.07) is 0. The van der Waals surface area contributed by atoms with E-state index in [0.29, 0.717) is 0 Å². The normalized spacial score (nSPS) is 11.7. The van der Waals surface area contributed by atoms with Crippen molar-refractivity contribution in [2.75, 3.05) is 6.61 Å². The fourth-order valence-corrected chi connectivity index (χ4v) is 0.561. The molecule has 0 atom stereocenters. The third kappa shape index (κ3) is 9.96. The largest absolute Gasteiger partial charge is 0.458 e. The molecule has 0 saturated carbocycles. The standard InChI is InChI=1S/C6H4Cl4O3/c7-4(11)1-2-5(12)13-3-6(8,9)10/h1-2H,3H2. The molecule has 0 aromatic rings. The number of ether oxygens (including phenoxy) is 1. The smallest absolute Gasteiger partial charge is 0.331 e. The van der Waals surface area contributed by atoms with Crippen LogP contribution in [0.1, 0.15) is 0 Å². The summed E-state index contributed by atoms with van der Waals surface area (Å²) in [5, 5.41) is -0.786. The van der Waals surface area contributed by atoms with Crippen LogP contribution in [0.4, 0.5) is 0 Å². The number of halogens is 4. The lowest BCUT2D eigenvalue weighted by Gasteiger charge is -2.09. The third-order valence-electron chi connectivity index (χ3n) is 0.729. The van der Waals surface area contributed by atoms with Gasteiger partial charge >= 0.3 is 5.97 Å². The summed E-state index contributed by atoms with van der Waals surface area (Å²) in [4.78, 5) is 20.8. The Morgan fingerprint density at radius 3 is 2.15 bits per heavy atom. The van der Waals surface area contributed by atoms with Crippen molar-refractivity contribution in [3.63, 3.8) is 0 Å². The van der Waals surface area contributed by atoms with E-state index in [0.717, 1.165) is 12.2 Å². The van der Waals surface area contributed by atoms with E-state index in [4.69, 9.17) is 46.4 Å². The molecule has 0 rings (SSSR count). The summed E-state index contributed by atoms with van der Waals surface area (Å²) in [6.07, 6.45) is 1.67. The van der Waals surface area contributed by atoms with Crippen molar-refractivity contribution in [1.29, 1.82) is 0 Å². The Morgan fingerprint density at radius 1 is 1.23 bits per heavy atom. The summed E-state index contributed by atoms with van der Waals surface area (Å²) in [5.74, 6) is -0.805. The highest BCUT2D eigenvalue weighted by Gasteiger charge is 2.21. The van der Waals surface area contributed by atoms with Gasteiger partial charge in [0.05, 0.1) is 0 Å². The topological polar surface area (TPSA) is 43.4 Å². The number of carbonyl (C=O) groups is 2. The van der Waals surface area contributed by atoms with Crippen LogP contribution in [0.2, 0.25) is 0 Å². The average molecular weight is 266 g/mol. The van der Waals surface area contributed by atoms with Crippen LogP contribution < -0.4 is 0 Å². The molecule has 0 fully saturated rings. The molecule has 0 heterocycles. The highest BCUT2D eigenvalue weighted by Crippen LogP contribution is 2.25. The molecule has 0 aliphatic rings. The summed E-state index contributed by atoms with van der Waals surface area (Å²) in [6.45, 7) is -0.392. The molecule has 7 heteroatoms. The molecule has 0 bridgehead atoms. The third-order valence-corrected chi connectivity index (χ3v) is 1.18. The zero-order valence-corrected chi connectivity index (χ0v) is 9.12. The van der Waals surface area contributed by atoms with Gasteiger partial charge in [-0.05, 0) is 11.6 Å². The zero-order chi connectivity index (χ0) is 10.5. The van der Waals surface area contributed by atoms with E-state index in [-0.39, 0.29) is 0 Å². The maximum Gasteiger partial charge on any atom is 0.331 e. The van der Waals surface area contributed by atoms with Crippen molar-refractivity contribution in [2.45, 2.75) is 3.79 Å². The van der Waals surface area contributed by atoms with Gasteiger partial charge in [-0.15, -0.1) is 0 Å². The van der Waals surface area contributed by atoms with Crippen LogP contribution in [0.25, 0.3) is 0 Å². The van der Waals surface area contributed by atoms with Crippen molar-refractivity contribution < 1.29 is 14.3 Å². The zero-order valence-electron chi connectivity index (χ0n) is 6.10. The number of carbonyl (C=O) groups excluding carboxylic acids is 2. The highest BCUT2D eigenvalue weighted by molar-refractivity contribution is 6.67. The monoisotopic (exact) mass is 264 g/mol. The van der Waals surface area contributed by atoms with E-state index in [9.17, 15) is 9.59 Å². The van der Waals surface area contributed by atoms with E-state index in [1.807, 2.05) is 0 Å². The summed E-state index contributed by atoms with van der Waals surface area (Å²) >= 11 is 20.7. The molecule has 74 valence electrons. The molecule has 0 amide bonds. The number of allylic oxidation sites excluding steroid dienone is 1. The number of alkyl halides is 3. The first-order valence-corrected chi connectivity index (χ1v) is 4.43. The second kappa shape index (κ2) is 5.70. The Balaban J connectivity index is 3.83. The Hall–Kier alpha value is 0.0400. The first kappa shape index (κ1) is 13.0. The first-order chi connectivity index (χ1) is 5.81. The minimum atomic E-state index is -1.66. The van der Waals surface area contributed by atoms with Gasteiger partial charge in [0.2, 0.25) is 9.03 Å². The predicted molar refractivity (Wildman–Crippen MR) is 51.2 cm³/mol. The second-order valence-corrected chi connectivity index (χ2v) is 4.75. The lowest BCUT2D eigenvalue weighted by Crippen LogP contribution is -2.15.